The number of nitrogens with zero attached hydrogens (tertiary/aromatic N) is 2. The van der Waals surface area contributed by atoms with Crippen LogP contribution in [0.1, 0.15) is 22.8 Å². The molecule has 0 spiro atoms. The van der Waals surface area contributed by atoms with Crippen molar-refractivity contribution < 1.29 is 4.79 Å². The highest BCUT2D eigenvalue weighted by molar-refractivity contribution is 6.08. The molecule has 2 N–H and O–H groups in total. The summed E-state index contributed by atoms with van der Waals surface area (Å²) in [6.45, 7) is 4.65. The molecule has 19 heavy (non-hydrogen) atoms. The fourth-order valence-corrected chi connectivity index (χ4v) is 1.70. The van der Waals surface area contributed by atoms with Crippen LogP contribution in [0.3, 0.4) is 0 Å². The molecule has 0 radical (unpaired) electrons. The van der Waals surface area contributed by atoms with Crippen molar-refractivity contribution in [1.82, 2.24) is 9.97 Å². The Morgan fingerprint density at radius 1 is 1.16 bits per heavy atom. The minimum atomic E-state index is -0.194. The monoisotopic (exact) mass is 256 g/mol. The molecule has 5 heteroatoms. The summed E-state index contributed by atoms with van der Waals surface area (Å²) >= 11 is 0. The number of amides is 1. The van der Waals surface area contributed by atoms with Gasteiger partial charge in [0, 0.05) is 25.1 Å². The van der Waals surface area contributed by atoms with E-state index in [1.807, 2.05) is 19.9 Å². The minimum absolute atomic E-state index is 0.194. The second-order valence-corrected chi connectivity index (χ2v) is 4.10. The third-order valence-corrected chi connectivity index (χ3v) is 2.72. The zero-order chi connectivity index (χ0) is 13.7. The third-order valence-electron chi connectivity index (χ3n) is 2.72. The number of hydrogen-bond donors (Lipinski definition) is 2. The molecule has 0 aliphatic heterocycles. The number of aryl methyl sites for hydroxylation is 1. The molecule has 0 bridgehead atoms. The van der Waals surface area contributed by atoms with Crippen LogP contribution in [0.5, 0.6) is 0 Å². The van der Waals surface area contributed by atoms with Gasteiger partial charge in [-0.05, 0) is 31.5 Å². The highest BCUT2D eigenvalue weighted by Gasteiger charge is 2.12. The van der Waals surface area contributed by atoms with Crippen molar-refractivity contribution in [2.45, 2.75) is 13.8 Å². The Morgan fingerprint density at radius 3 is 2.63 bits per heavy atom. The zero-order valence-electron chi connectivity index (χ0n) is 11.0. The van der Waals surface area contributed by atoms with Gasteiger partial charge in [0.05, 0.1) is 23.1 Å². The van der Waals surface area contributed by atoms with Crippen molar-refractivity contribution >= 4 is 17.3 Å². The van der Waals surface area contributed by atoms with Crippen LogP contribution in [0.4, 0.5) is 11.4 Å². The predicted molar refractivity (Wildman–Crippen MR) is 75.3 cm³/mol. The van der Waals surface area contributed by atoms with Gasteiger partial charge in [-0.3, -0.25) is 14.8 Å². The number of nitrogens with one attached hydrogen (secondary N) is 2. The SMILES string of the molecule is CCNc1ccncc1C(=O)Nc1cnccc1C. The number of anilines is 2. The summed E-state index contributed by atoms with van der Waals surface area (Å²) in [5.41, 5.74) is 2.97. The average molecular weight is 256 g/mol. The van der Waals surface area contributed by atoms with Crippen molar-refractivity contribution in [3.63, 3.8) is 0 Å². The maximum atomic E-state index is 12.2. The molecular weight excluding hydrogens is 240 g/mol. The van der Waals surface area contributed by atoms with Gasteiger partial charge in [0.25, 0.3) is 5.91 Å². The molecule has 0 saturated heterocycles. The summed E-state index contributed by atoms with van der Waals surface area (Å²) in [5, 5.41) is 5.98. The lowest BCUT2D eigenvalue weighted by atomic mass is 10.2. The van der Waals surface area contributed by atoms with E-state index in [1.165, 1.54) is 0 Å². The largest absolute Gasteiger partial charge is 0.385 e. The van der Waals surface area contributed by atoms with Crippen LogP contribution in [0.25, 0.3) is 0 Å². The Balaban J connectivity index is 2.23. The summed E-state index contributed by atoms with van der Waals surface area (Å²) in [7, 11) is 0. The van der Waals surface area contributed by atoms with Gasteiger partial charge in [0.2, 0.25) is 0 Å². The molecule has 0 saturated carbocycles. The first kappa shape index (κ1) is 13.0. The lowest BCUT2D eigenvalue weighted by molar-refractivity contribution is 0.102. The summed E-state index contributed by atoms with van der Waals surface area (Å²) in [6, 6.07) is 3.64. The second kappa shape index (κ2) is 5.95. The minimum Gasteiger partial charge on any atom is -0.385 e. The number of pyridine rings is 2. The van der Waals surface area contributed by atoms with Gasteiger partial charge < -0.3 is 10.6 Å². The van der Waals surface area contributed by atoms with Crippen molar-refractivity contribution in [1.29, 1.82) is 0 Å². The number of rotatable bonds is 4. The van der Waals surface area contributed by atoms with Gasteiger partial charge in [-0.2, -0.15) is 0 Å². The molecule has 0 aliphatic carbocycles. The van der Waals surface area contributed by atoms with E-state index in [-0.39, 0.29) is 5.91 Å². The Labute approximate surface area is 112 Å². The smallest absolute Gasteiger partial charge is 0.259 e. The standard InChI is InChI=1S/C14H16N4O/c1-3-17-12-5-7-15-8-11(12)14(19)18-13-9-16-6-4-10(13)2/h4-9H,3H2,1-2H3,(H,15,17)(H,18,19). The van der Waals surface area contributed by atoms with Gasteiger partial charge in [-0.25, -0.2) is 0 Å². The van der Waals surface area contributed by atoms with Gasteiger partial charge in [0.1, 0.15) is 0 Å². The molecule has 2 heterocycles. The van der Waals surface area contributed by atoms with E-state index in [9.17, 15) is 4.79 Å². The number of aromatic nitrogens is 2. The molecular formula is C14H16N4O. The third kappa shape index (κ3) is 3.07. The van der Waals surface area contributed by atoms with Gasteiger partial charge in [-0.15, -0.1) is 0 Å². The van der Waals surface area contributed by atoms with E-state index >= 15 is 0 Å². The molecule has 0 aromatic carbocycles. The van der Waals surface area contributed by atoms with Crippen molar-refractivity contribution in [2.24, 2.45) is 0 Å². The van der Waals surface area contributed by atoms with Crippen LogP contribution < -0.4 is 10.6 Å². The maximum absolute atomic E-state index is 12.2. The van der Waals surface area contributed by atoms with Crippen molar-refractivity contribution in [2.75, 3.05) is 17.2 Å². The fourth-order valence-electron chi connectivity index (χ4n) is 1.70. The molecule has 2 rings (SSSR count). The molecule has 0 atom stereocenters. The predicted octanol–water partition coefficient (Wildman–Crippen LogP) is 2.47. The van der Waals surface area contributed by atoms with Crippen LogP contribution in [-0.2, 0) is 0 Å². The normalized spacial score (nSPS) is 10.0. The van der Waals surface area contributed by atoms with Gasteiger partial charge in [0.15, 0.2) is 0 Å². The van der Waals surface area contributed by atoms with E-state index in [0.717, 1.165) is 17.8 Å². The highest BCUT2D eigenvalue weighted by Crippen LogP contribution is 2.17. The van der Waals surface area contributed by atoms with Crippen LogP contribution in [0.15, 0.2) is 36.9 Å². The number of carbonyl (C=O) groups excluding carboxylic acids is 1. The first-order valence-corrected chi connectivity index (χ1v) is 6.12. The second-order valence-electron chi connectivity index (χ2n) is 4.10. The Bertz CT molecular complexity index is 583. The molecule has 98 valence electrons. The van der Waals surface area contributed by atoms with E-state index in [2.05, 4.69) is 20.6 Å². The molecule has 2 aromatic heterocycles. The Hall–Kier alpha value is -2.43. The molecule has 0 unspecified atom stereocenters. The Kier molecular flexibility index (Phi) is 4.07. The lowest BCUT2D eigenvalue weighted by Gasteiger charge is -2.11. The Morgan fingerprint density at radius 2 is 1.89 bits per heavy atom. The topological polar surface area (TPSA) is 66.9 Å². The molecule has 1 amide bonds. The van der Waals surface area contributed by atoms with Gasteiger partial charge in [-0.1, -0.05) is 0 Å². The van der Waals surface area contributed by atoms with Crippen molar-refractivity contribution in [3.8, 4) is 0 Å². The van der Waals surface area contributed by atoms with Crippen LogP contribution >= 0.6 is 0 Å². The summed E-state index contributed by atoms with van der Waals surface area (Å²) in [6.07, 6.45) is 6.54. The molecule has 0 fully saturated rings. The average Bonchev–Trinajstić information content (AvgIpc) is 2.42. The lowest BCUT2D eigenvalue weighted by Crippen LogP contribution is -2.16. The van der Waals surface area contributed by atoms with Crippen LogP contribution in [0.2, 0.25) is 0 Å². The zero-order valence-corrected chi connectivity index (χ0v) is 11.0. The first-order valence-electron chi connectivity index (χ1n) is 6.12. The summed E-state index contributed by atoms with van der Waals surface area (Å²) in [5.74, 6) is -0.194. The quantitative estimate of drug-likeness (QED) is 0.881. The molecule has 2 aromatic rings. The van der Waals surface area contributed by atoms with E-state index in [1.54, 1.807) is 30.9 Å². The van der Waals surface area contributed by atoms with Crippen LogP contribution in [0, 0.1) is 6.92 Å². The maximum Gasteiger partial charge on any atom is 0.259 e. The highest BCUT2D eigenvalue weighted by atomic mass is 16.1. The fraction of sp³-hybridized carbons (Fsp3) is 0.214. The van der Waals surface area contributed by atoms with E-state index in [0.29, 0.717) is 11.3 Å². The molecule has 0 aliphatic rings. The van der Waals surface area contributed by atoms with E-state index < -0.39 is 0 Å². The van der Waals surface area contributed by atoms with Crippen LogP contribution in [-0.4, -0.2) is 22.4 Å². The summed E-state index contributed by atoms with van der Waals surface area (Å²) < 4.78 is 0. The molecule has 5 nitrogen and oxygen atoms in total. The van der Waals surface area contributed by atoms with Crippen molar-refractivity contribution in [3.05, 3.63) is 48.0 Å². The number of hydrogen-bond acceptors (Lipinski definition) is 4. The van der Waals surface area contributed by atoms with E-state index in [4.69, 9.17) is 0 Å². The van der Waals surface area contributed by atoms with Gasteiger partial charge >= 0.3 is 0 Å². The summed E-state index contributed by atoms with van der Waals surface area (Å²) in [4.78, 5) is 20.2. The first-order chi connectivity index (χ1) is 9.22. The number of carbonyl (C=O) groups is 1.